The summed E-state index contributed by atoms with van der Waals surface area (Å²) in [5.41, 5.74) is 7.84. The third-order valence-corrected chi connectivity index (χ3v) is 3.12. The predicted octanol–water partition coefficient (Wildman–Crippen LogP) is 1.59. The number of rotatable bonds is 4. The van der Waals surface area contributed by atoms with Crippen molar-refractivity contribution in [3.05, 3.63) is 35.9 Å². The molecule has 2 aromatic heterocycles. The lowest BCUT2D eigenvalue weighted by Gasteiger charge is -2.07. The minimum atomic E-state index is -0.122. The van der Waals surface area contributed by atoms with Gasteiger partial charge in [-0.2, -0.15) is 15.0 Å². The highest BCUT2D eigenvalue weighted by Crippen LogP contribution is 2.24. The number of nitrogens with one attached hydrogen (secondary N) is 1. The van der Waals surface area contributed by atoms with Gasteiger partial charge in [0.05, 0.1) is 6.54 Å². The Labute approximate surface area is 121 Å². The first-order valence-electron chi connectivity index (χ1n) is 6.69. The standard InChI is InChI=1S/C14H16N6O/c1-2-16-13-18-11(15)10-12(19-13)20(14(21)17-10)8-9-6-4-3-5-7-9/h3-7H,2,8H2,1H3,(H,17,21)(H3,15,16,18,19). The molecule has 0 bridgehead atoms. The molecule has 108 valence electrons. The Balaban J connectivity index is 2.10. The summed E-state index contributed by atoms with van der Waals surface area (Å²) in [5, 5.41) is 13.1. The summed E-state index contributed by atoms with van der Waals surface area (Å²) in [4.78, 5) is 12.6. The first-order valence-corrected chi connectivity index (χ1v) is 6.69. The van der Waals surface area contributed by atoms with E-state index in [0.717, 1.165) is 5.56 Å². The fourth-order valence-corrected chi connectivity index (χ4v) is 2.16. The van der Waals surface area contributed by atoms with Gasteiger partial charge < -0.3 is 16.2 Å². The average molecular weight is 284 g/mol. The molecule has 0 aliphatic rings. The Bertz CT molecular complexity index is 768. The van der Waals surface area contributed by atoms with Crippen LogP contribution < -0.4 is 11.1 Å². The van der Waals surface area contributed by atoms with Gasteiger partial charge in [-0.3, -0.25) is 4.57 Å². The van der Waals surface area contributed by atoms with E-state index in [-0.39, 0.29) is 11.8 Å². The quantitative estimate of drug-likeness (QED) is 0.672. The molecule has 0 unspecified atom stereocenters. The Morgan fingerprint density at radius 3 is 2.67 bits per heavy atom. The number of nitrogens with zero attached hydrogens (tertiary/aromatic N) is 4. The number of hydrogen-bond donors (Lipinski definition) is 3. The van der Waals surface area contributed by atoms with Gasteiger partial charge in [0.2, 0.25) is 5.95 Å². The summed E-state index contributed by atoms with van der Waals surface area (Å²) < 4.78 is 1.61. The number of benzene rings is 1. The van der Waals surface area contributed by atoms with Crippen molar-refractivity contribution in [2.75, 3.05) is 17.6 Å². The zero-order valence-electron chi connectivity index (χ0n) is 11.6. The number of aromatic nitrogens is 4. The van der Waals surface area contributed by atoms with Crippen LogP contribution >= 0.6 is 0 Å². The van der Waals surface area contributed by atoms with Gasteiger partial charge >= 0.3 is 0 Å². The number of fused-ring (bicyclic) bond motifs is 1. The summed E-state index contributed by atoms with van der Waals surface area (Å²) >= 11 is 0. The van der Waals surface area contributed by atoms with Gasteiger partial charge in [0.15, 0.2) is 17.0 Å². The molecule has 0 radical (unpaired) electrons. The van der Waals surface area contributed by atoms with Crippen molar-refractivity contribution in [2.45, 2.75) is 13.5 Å². The molecule has 0 atom stereocenters. The van der Waals surface area contributed by atoms with Gasteiger partial charge in [-0.05, 0) is 12.5 Å². The maximum absolute atomic E-state index is 10.0. The van der Waals surface area contributed by atoms with Crippen LogP contribution in [0.25, 0.3) is 11.2 Å². The topological polar surface area (TPSA) is 102 Å². The summed E-state index contributed by atoms with van der Waals surface area (Å²) in [6, 6.07) is 9.65. The van der Waals surface area contributed by atoms with Crippen molar-refractivity contribution in [1.29, 1.82) is 0 Å². The normalized spacial score (nSPS) is 10.9. The third-order valence-electron chi connectivity index (χ3n) is 3.12. The van der Waals surface area contributed by atoms with Gasteiger partial charge in [-0.25, -0.2) is 0 Å². The average Bonchev–Trinajstić information content (AvgIpc) is 2.78. The van der Waals surface area contributed by atoms with E-state index in [1.54, 1.807) is 4.57 Å². The van der Waals surface area contributed by atoms with Crippen molar-refractivity contribution >= 4 is 22.9 Å². The highest BCUT2D eigenvalue weighted by Gasteiger charge is 2.16. The minimum Gasteiger partial charge on any atom is -0.480 e. The lowest BCUT2D eigenvalue weighted by atomic mass is 10.2. The van der Waals surface area contributed by atoms with Crippen LogP contribution in [0.4, 0.5) is 11.8 Å². The van der Waals surface area contributed by atoms with Crippen molar-refractivity contribution < 1.29 is 5.11 Å². The molecule has 2 heterocycles. The molecule has 0 aliphatic heterocycles. The molecule has 0 amide bonds. The number of nitrogens with two attached hydrogens (primary N) is 1. The SMILES string of the molecule is CCNc1nc(N)c2nc(O)n(Cc3ccccc3)c2n1. The van der Waals surface area contributed by atoms with Crippen LogP contribution in [0.3, 0.4) is 0 Å². The molecule has 21 heavy (non-hydrogen) atoms. The molecule has 4 N–H and O–H groups in total. The van der Waals surface area contributed by atoms with Crippen molar-refractivity contribution in [3.8, 4) is 6.01 Å². The molecule has 3 aromatic rings. The van der Waals surface area contributed by atoms with E-state index in [9.17, 15) is 5.11 Å². The number of aromatic hydroxyl groups is 1. The Morgan fingerprint density at radius 1 is 1.19 bits per heavy atom. The van der Waals surface area contributed by atoms with Crippen molar-refractivity contribution in [1.82, 2.24) is 19.5 Å². The summed E-state index contributed by atoms with van der Waals surface area (Å²) in [6.45, 7) is 3.09. The molecule has 0 aliphatic carbocycles. The van der Waals surface area contributed by atoms with Gasteiger partial charge in [0.25, 0.3) is 6.01 Å². The fraction of sp³-hybridized carbons (Fsp3) is 0.214. The number of nitrogen functional groups attached to an aromatic ring is 1. The van der Waals surface area contributed by atoms with Gasteiger partial charge in [-0.1, -0.05) is 30.3 Å². The van der Waals surface area contributed by atoms with E-state index < -0.39 is 0 Å². The monoisotopic (exact) mass is 284 g/mol. The second-order valence-corrected chi connectivity index (χ2v) is 4.62. The van der Waals surface area contributed by atoms with E-state index in [2.05, 4.69) is 20.3 Å². The van der Waals surface area contributed by atoms with Crippen LogP contribution in [-0.4, -0.2) is 31.2 Å². The molecule has 0 fully saturated rings. The van der Waals surface area contributed by atoms with Gasteiger partial charge in [-0.15, -0.1) is 0 Å². The second kappa shape index (κ2) is 5.28. The molecule has 0 saturated heterocycles. The number of hydrogen-bond acceptors (Lipinski definition) is 6. The smallest absolute Gasteiger partial charge is 0.296 e. The van der Waals surface area contributed by atoms with Crippen LogP contribution in [0.2, 0.25) is 0 Å². The lowest BCUT2D eigenvalue weighted by Crippen LogP contribution is -2.07. The van der Waals surface area contributed by atoms with Crippen LogP contribution in [0, 0.1) is 0 Å². The Hall–Kier alpha value is -2.83. The predicted molar refractivity (Wildman–Crippen MR) is 81.1 cm³/mol. The molecule has 0 spiro atoms. The Morgan fingerprint density at radius 2 is 1.95 bits per heavy atom. The summed E-state index contributed by atoms with van der Waals surface area (Å²) in [5.74, 6) is 0.676. The molecule has 0 saturated carbocycles. The van der Waals surface area contributed by atoms with Crippen LogP contribution in [0.15, 0.2) is 30.3 Å². The first-order chi connectivity index (χ1) is 10.2. The number of imidazole rings is 1. The molecule has 3 rings (SSSR count). The van der Waals surface area contributed by atoms with Crippen LogP contribution in [-0.2, 0) is 6.54 Å². The van der Waals surface area contributed by atoms with Crippen LogP contribution in [0.1, 0.15) is 12.5 Å². The zero-order valence-corrected chi connectivity index (χ0v) is 11.6. The summed E-state index contributed by atoms with van der Waals surface area (Å²) in [6.07, 6.45) is 0. The zero-order chi connectivity index (χ0) is 14.8. The Kier molecular flexibility index (Phi) is 3.31. The van der Waals surface area contributed by atoms with Crippen molar-refractivity contribution in [2.24, 2.45) is 0 Å². The van der Waals surface area contributed by atoms with Gasteiger partial charge in [0.1, 0.15) is 0 Å². The largest absolute Gasteiger partial charge is 0.480 e. The molecular formula is C14H16N6O. The summed E-state index contributed by atoms with van der Waals surface area (Å²) in [7, 11) is 0. The minimum absolute atomic E-state index is 0.122. The van der Waals surface area contributed by atoms with E-state index in [4.69, 9.17) is 5.73 Å². The van der Waals surface area contributed by atoms with E-state index >= 15 is 0 Å². The highest BCUT2D eigenvalue weighted by molar-refractivity contribution is 5.84. The maximum Gasteiger partial charge on any atom is 0.296 e. The first kappa shape index (κ1) is 13.2. The maximum atomic E-state index is 10.0. The highest BCUT2D eigenvalue weighted by atomic mass is 16.3. The van der Waals surface area contributed by atoms with Crippen LogP contribution in [0.5, 0.6) is 6.01 Å². The van der Waals surface area contributed by atoms with E-state index in [1.807, 2.05) is 37.3 Å². The fourth-order valence-electron chi connectivity index (χ4n) is 2.16. The van der Waals surface area contributed by atoms with E-state index in [1.165, 1.54) is 0 Å². The third kappa shape index (κ3) is 2.45. The lowest BCUT2D eigenvalue weighted by molar-refractivity contribution is 0.408. The molecule has 7 heteroatoms. The van der Waals surface area contributed by atoms with E-state index in [0.29, 0.717) is 30.2 Å². The molecular weight excluding hydrogens is 268 g/mol. The molecule has 1 aromatic carbocycles. The second-order valence-electron chi connectivity index (χ2n) is 4.62. The van der Waals surface area contributed by atoms with Gasteiger partial charge in [0, 0.05) is 6.54 Å². The van der Waals surface area contributed by atoms with Crippen molar-refractivity contribution in [3.63, 3.8) is 0 Å². The number of anilines is 2. The molecule has 7 nitrogen and oxygen atoms in total.